The van der Waals surface area contributed by atoms with E-state index in [2.05, 4.69) is 46.0 Å². The first-order valence-electron chi connectivity index (χ1n) is 7.72. The molecule has 0 spiro atoms. The van der Waals surface area contributed by atoms with Crippen LogP contribution >= 0.6 is 0 Å². The van der Waals surface area contributed by atoms with E-state index in [-0.39, 0.29) is 0 Å². The molecule has 0 aromatic heterocycles. The van der Waals surface area contributed by atoms with E-state index in [1.807, 2.05) is 27.9 Å². The number of hydrogen-bond donors (Lipinski definition) is 3. The Kier molecular flexibility index (Phi) is 12.9. The van der Waals surface area contributed by atoms with E-state index >= 15 is 0 Å². The van der Waals surface area contributed by atoms with Crippen molar-refractivity contribution in [1.82, 2.24) is 16.2 Å². The molecule has 0 aliphatic rings. The van der Waals surface area contributed by atoms with E-state index in [0.717, 1.165) is 25.2 Å². The predicted molar refractivity (Wildman–Crippen MR) is 94.5 cm³/mol. The molecule has 120 valence electrons. The molecule has 0 saturated carbocycles. The van der Waals surface area contributed by atoms with Gasteiger partial charge in [-0.25, -0.2) is 0 Å². The normalized spacial score (nSPS) is 14.7. The second-order valence-electron chi connectivity index (χ2n) is 5.04. The Bertz CT molecular complexity index is 356. The summed E-state index contributed by atoms with van der Waals surface area (Å²) in [6.45, 7) is 9.73. The van der Waals surface area contributed by atoms with Gasteiger partial charge in [0.05, 0.1) is 0 Å². The molecule has 4 heteroatoms. The van der Waals surface area contributed by atoms with E-state index in [0.29, 0.717) is 5.92 Å². The van der Waals surface area contributed by atoms with Gasteiger partial charge >= 0.3 is 0 Å². The van der Waals surface area contributed by atoms with Crippen molar-refractivity contribution in [3.63, 3.8) is 0 Å². The molecule has 0 radical (unpaired) electrons. The number of aliphatic imine (C=N–C) groups is 1. The Labute approximate surface area is 130 Å². The fourth-order valence-electron chi connectivity index (χ4n) is 2.20. The van der Waals surface area contributed by atoms with Crippen LogP contribution in [-0.2, 0) is 0 Å². The van der Waals surface area contributed by atoms with E-state index in [9.17, 15) is 0 Å². The average Bonchev–Trinajstić information content (AvgIpc) is 2.47. The highest BCUT2D eigenvalue weighted by Gasteiger charge is 2.06. The number of hydrazine groups is 1. The summed E-state index contributed by atoms with van der Waals surface area (Å²) in [6, 6.07) is 0. The van der Waals surface area contributed by atoms with Crippen molar-refractivity contribution in [3.05, 3.63) is 36.6 Å². The van der Waals surface area contributed by atoms with Gasteiger partial charge < -0.3 is 5.32 Å². The maximum atomic E-state index is 4.26. The van der Waals surface area contributed by atoms with Crippen LogP contribution in [-0.4, -0.2) is 32.9 Å². The Morgan fingerprint density at radius 1 is 1.29 bits per heavy atom. The van der Waals surface area contributed by atoms with Crippen molar-refractivity contribution >= 4 is 5.71 Å². The molecule has 0 bridgehead atoms. The van der Waals surface area contributed by atoms with Crippen LogP contribution in [0.3, 0.4) is 0 Å². The summed E-state index contributed by atoms with van der Waals surface area (Å²) in [5.74, 6) is 0.643. The quantitative estimate of drug-likeness (QED) is 0.224. The van der Waals surface area contributed by atoms with Gasteiger partial charge in [-0.05, 0) is 65.2 Å². The van der Waals surface area contributed by atoms with Crippen molar-refractivity contribution in [3.8, 4) is 0 Å². The summed E-state index contributed by atoms with van der Waals surface area (Å²) in [5.41, 5.74) is 8.39. The zero-order valence-corrected chi connectivity index (χ0v) is 14.1. The first-order chi connectivity index (χ1) is 10.2. The lowest BCUT2D eigenvalue weighted by molar-refractivity contribution is 0.401. The lowest BCUT2D eigenvalue weighted by atomic mass is 10.0. The minimum Gasteiger partial charge on any atom is -0.319 e. The summed E-state index contributed by atoms with van der Waals surface area (Å²) in [6.07, 6.45) is 11.5. The SMILES string of the molecule is C=C/N=C(/C)C(=CCCCC(CNC)CNNC)/C=C\C. The molecule has 1 atom stereocenters. The Hall–Kier alpha value is -1.23. The number of unbranched alkanes of at least 4 members (excludes halogenated alkanes) is 1. The van der Waals surface area contributed by atoms with Crippen LogP contribution in [0.1, 0.15) is 33.1 Å². The molecule has 1 unspecified atom stereocenters. The van der Waals surface area contributed by atoms with E-state index in [1.165, 1.54) is 18.4 Å². The fourth-order valence-corrected chi connectivity index (χ4v) is 2.20. The van der Waals surface area contributed by atoms with Gasteiger partial charge in [-0.1, -0.05) is 24.8 Å². The van der Waals surface area contributed by atoms with Gasteiger partial charge in [-0.15, -0.1) is 0 Å². The van der Waals surface area contributed by atoms with Gasteiger partial charge in [0.2, 0.25) is 0 Å². The highest BCUT2D eigenvalue weighted by Crippen LogP contribution is 2.10. The van der Waals surface area contributed by atoms with E-state index < -0.39 is 0 Å². The molecule has 0 fully saturated rings. The highest BCUT2D eigenvalue weighted by atomic mass is 15.3. The lowest BCUT2D eigenvalue weighted by Crippen LogP contribution is -2.36. The molecule has 4 nitrogen and oxygen atoms in total. The summed E-state index contributed by atoms with van der Waals surface area (Å²) < 4.78 is 0. The van der Waals surface area contributed by atoms with Gasteiger partial charge in [-0.3, -0.25) is 15.8 Å². The van der Waals surface area contributed by atoms with Crippen molar-refractivity contribution in [2.45, 2.75) is 33.1 Å². The summed E-state index contributed by atoms with van der Waals surface area (Å²) >= 11 is 0. The van der Waals surface area contributed by atoms with Crippen LogP contribution in [0, 0.1) is 5.92 Å². The molecule has 0 rings (SSSR count). The monoisotopic (exact) mass is 292 g/mol. The molecule has 3 N–H and O–H groups in total. The molecular weight excluding hydrogens is 260 g/mol. The number of rotatable bonds is 12. The maximum absolute atomic E-state index is 4.26. The highest BCUT2D eigenvalue weighted by molar-refractivity contribution is 6.00. The molecule has 0 aromatic carbocycles. The number of nitrogens with one attached hydrogen (secondary N) is 3. The van der Waals surface area contributed by atoms with Crippen LogP contribution in [0.5, 0.6) is 0 Å². The molecule has 0 heterocycles. The molecule has 0 aromatic rings. The predicted octanol–water partition coefficient (Wildman–Crippen LogP) is 2.82. The average molecular weight is 292 g/mol. The lowest BCUT2D eigenvalue weighted by Gasteiger charge is -2.16. The van der Waals surface area contributed by atoms with Gasteiger partial charge in [0.15, 0.2) is 0 Å². The van der Waals surface area contributed by atoms with Crippen LogP contribution in [0.15, 0.2) is 41.6 Å². The van der Waals surface area contributed by atoms with E-state index in [4.69, 9.17) is 0 Å². The van der Waals surface area contributed by atoms with Crippen LogP contribution in [0.2, 0.25) is 0 Å². The molecular formula is C17H32N4. The third-order valence-corrected chi connectivity index (χ3v) is 3.29. The number of nitrogens with zero attached hydrogens (tertiary/aromatic N) is 1. The first-order valence-corrected chi connectivity index (χ1v) is 7.72. The first kappa shape index (κ1) is 19.8. The molecule has 0 amide bonds. The maximum Gasteiger partial charge on any atom is 0.0441 e. The third-order valence-electron chi connectivity index (χ3n) is 3.29. The van der Waals surface area contributed by atoms with Crippen molar-refractivity contribution in [1.29, 1.82) is 0 Å². The van der Waals surface area contributed by atoms with Gasteiger partial charge in [0.25, 0.3) is 0 Å². The Balaban J connectivity index is 4.35. The van der Waals surface area contributed by atoms with Gasteiger partial charge in [0.1, 0.15) is 0 Å². The number of allylic oxidation sites excluding steroid dienone is 4. The molecule has 0 aliphatic heterocycles. The second-order valence-corrected chi connectivity index (χ2v) is 5.04. The Morgan fingerprint density at radius 3 is 2.62 bits per heavy atom. The van der Waals surface area contributed by atoms with Crippen molar-refractivity contribution < 1.29 is 0 Å². The standard InChI is InChI=1S/C17H32N4/c1-6-10-17(15(3)20-7-2)12-9-8-11-16(13-18-4)14-21-19-5/h6-7,10,12,16,18-19,21H,2,8-9,11,13-14H2,1,3-5H3/b10-6-,17-12?,20-15-. The van der Waals surface area contributed by atoms with Gasteiger partial charge in [-0.2, -0.15) is 0 Å². The van der Waals surface area contributed by atoms with E-state index in [1.54, 1.807) is 6.20 Å². The molecule has 21 heavy (non-hydrogen) atoms. The zero-order valence-electron chi connectivity index (χ0n) is 14.1. The topological polar surface area (TPSA) is 48.5 Å². The second kappa shape index (κ2) is 13.7. The minimum absolute atomic E-state index is 0.643. The van der Waals surface area contributed by atoms with Crippen molar-refractivity contribution in [2.24, 2.45) is 10.9 Å². The van der Waals surface area contributed by atoms with Crippen LogP contribution < -0.4 is 16.2 Å². The summed E-state index contributed by atoms with van der Waals surface area (Å²) in [7, 11) is 3.91. The third kappa shape index (κ3) is 10.2. The van der Waals surface area contributed by atoms with Gasteiger partial charge in [0, 0.05) is 18.5 Å². The minimum atomic E-state index is 0.643. The van der Waals surface area contributed by atoms with Crippen LogP contribution in [0.25, 0.3) is 0 Å². The van der Waals surface area contributed by atoms with Crippen molar-refractivity contribution in [2.75, 3.05) is 27.2 Å². The number of hydrogen-bond acceptors (Lipinski definition) is 4. The Morgan fingerprint density at radius 2 is 2.05 bits per heavy atom. The smallest absolute Gasteiger partial charge is 0.0441 e. The molecule has 0 aliphatic carbocycles. The summed E-state index contributed by atoms with van der Waals surface area (Å²) in [5, 5.41) is 3.26. The molecule has 0 saturated heterocycles. The van der Waals surface area contributed by atoms with Crippen LogP contribution in [0.4, 0.5) is 0 Å². The summed E-state index contributed by atoms with van der Waals surface area (Å²) in [4.78, 5) is 4.26. The fraction of sp³-hybridized carbons (Fsp3) is 0.588. The largest absolute Gasteiger partial charge is 0.319 e. The zero-order chi connectivity index (χ0) is 15.9.